The molecule has 0 fully saturated rings. The van der Waals surface area contributed by atoms with Crippen molar-refractivity contribution in [2.45, 2.75) is 24.4 Å². The van der Waals surface area contributed by atoms with Crippen LogP contribution in [0.5, 0.6) is 0 Å². The first-order valence-electron chi connectivity index (χ1n) is 10.4. The van der Waals surface area contributed by atoms with Crippen molar-refractivity contribution in [3.05, 3.63) is 94.0 Å². The number of benzene rings is 3. The van der Waals surface area contributed by atoms with Crippen molar-refractivity contribution in [3.8, 4) is 5.69 Å². The molecule has 0 spiro atoms. The number of hydrogen-bond acceptors (Lipinski definition) is 4. The first-order chi connectivity index (χ1) is 15.6. The molecule has 1 aliphatic rings. The van der Waals surface area contributed by atoms with Gasteiger partial charge >= 0.3 is 0 Å². The summed E-state index contributed by atoms with van der Waals surface area (Å²) in [5.74, 6) is -0.706. The van der Waals surface area contributed by atoms with Crippen LogP contribution in [0, 0.1) is 5.82 Å². The first kappa shape index (κ1) is 20.5. The lowest BCUT2D eigenvalue weighted by Crippen LogP contribution is -2.23. The fraction of sp³-hybridized carbons (Fsp3) is 0.160. The molecule has 1 heterocycles. The average molecular weight is 446 g/mol. The summed E-state index contributed by atoms with van der Waals surface area (Å²) in [6.07, 6.45) is 3.26. The lowest BCUT2D eigenvalue weighted by atomic mass is 10.1. The standard InChI is InChI=1S/C25H20FN3O2S/c26-20-9-2-4-11-22(20)29-24(31)19-8-1-3-10-21(19)28-25(29)32-15-23(30)27-18-13-12-16-6-5-7-17(16)14-18/h1-4,8-14H,5-7,15H2,(H,27,30). The Balaban J connectivity index is 1.44. The minimum absolute atomic E-state index is 0.0380. The molecule has 4 aromatic rings. The molecule has 1 N–H and O–H groups in total. The van der Waals surface area contributed by atoms with E-state index in [-0.39, 0.29) is 28.1 Å². The zero-order valence-corrected chi connectivity index (χ0v) is 18.0. The summed E-state index contributed by atoms with van der Waals surface area (Å²) in [5, 5.41) is 3.57. The van der Waals surface area contributed by atoms with Crippen molar-refractivity contribution in [1.82, 2.24) is 9.55 Å². The number of hydrogen-bond donors (Lipinski definition) is 1. The Bertz CT molecular complexity index is 1400. The molecule has 7 heteroatoms. The van der Waals surface area contributed by atoms with Gasteiger partial charge in [0.2, 0.25) is 5.91 Å². The predicted octanol–water partition coefficient (Wildman–Crippen LogP) is 4.74. The summed E-state index contributed by atoms with van der Waals surface area (Å²) in [5.41, 5.74) is 3.62. The quantitative estimate of drug-likeness (QED) is 0.356. The highest BCUT2D eigenvalue weighted by molar-refractivity contribution is 7.99. The molecule has 0 radical (unpaired) electrons. The number of nitrogens with one attached hydrogen (secondary N) is 1. The summed E-state index contributed by atoms with van der Waals surface area (Å²) in [6.45, 7) is 0. The van der Waals surface area contributed by atoms with Crippen LogP contribution in [0.2, 0.25) is 0 Å². The van der Waals surface area contributed by atoms with Crippen molar-refractivity contribution in [2.24, 2.45) is 0 Å². The van der Waals surface area contributed by atoms with Crippen LogP contribution in [-0.2, 0) is 17.6 Å². The van der Waals surface area contributed by atoms with E-state index in [9.17, 15) is 14.0 Å². The molecule has 0 aliphatic heterocycles. The third kappa shape index (κ3) is 3.91. The number of anilines is 1. The van der Waals surface area contributed by atoms with Crippen LogP contribution in [0.1, 0.15) is 17.5 Å². The number of carbonyl (C=O) groups excluding carboxylic acids is 1. The Kier molecular flexibility index (Phi) is 5.49. The van der Waals surface area contributed by atoms with Gasteiger partial charge in [-0.1, -0.05) is 42.1 Å². The van der Waals surface area contributed by atoms with E-state index in [0.717, 1.165) is 36.7 Å². The van der Waals surface area contributed by atoms with Gasteiger partial charge in [-0.05, 0) is 66.8 Å². The van der Waals surface area contributed by atoms with Gasteiger partial charge in [-0.2, -0.15) is 0 Å². The summed E-state index contributed by atoms with van der Waals surface area (Å²) in [6, 6.07) is 19.0. The van der Waals surface area contributed by atoms with Crippen LogP contribution in [0.25, 0.3) is 16.6 Å². The summed E-state index contributed by atoms with van der Waals surface area (Å²) in [4.78, 5) is 30.4. The minimum atomic E-state index is -0.531. The second-order valence-corrected chi connectivity index (χ2v) is 8.62. The Hall–Kier alpha value is -3.45. The highest BCUT2D eigenvalue weighted by atomic mass is 32.2. The number of halogens is 1. The van der Waals surface area contributed by atoms with Gasteiger partial charge in [-0.15, -0.1) is 0 Å². The fourth-order valence-corrected chi connectivity index (χ4v) is 4.84. The van der Waals surface area contributed by atoms with Gasteiger partial charge in [0.05, 0.1) is 22.3 Å². The zero-order valence-electron chi connectivity index (χ0n) is 17.2. The van der Waals surface area contributed by atoms with Gasteiger partial charge in [0.15, 0.2) is 5.16 Å². The van der Waals surface area contributed by atoms with E-state index in [1.165, 1.54) is 27.8 Å². The predicted molar refractivity (Wildman–Crippen MR) is 125 cm³/mol. The molecule has 5 nitrogen and oxygen atoms in total. The van der Waals surface area contributed by atoms with E-state index in [0.29, 0.717) is 10.9 Å². The number of aryl methyl sites for hydroxylation is 2. The number of amides is 1. The molecular weight excluding hydrogens is 425 g/mol. The first-order valence-corrected chi connectivity index (χ1v) is 11.4. The van der Waals surface area contributed by atoms with Crippen molar-refractivity contribution in [2.75, 3.05) is 11.1 Å². The van der Waals surface area contributed by atoms with Crippen LogP contribution < -0.4 is 10.9 Å². The maximum Gasteiger partial charge on any atom is 0.266 e. The number of para-hydroxylation sites is 2. The molecule has 0 unspecified atom stereocenters. The van der Waals surface area contributed by atoms with Gasteiger partial charge < -0.3 is 5.32 Å². The van der Waals surface area contributed by atoms with E-state index >= 15 is 0 Å². The van der Waals surface area contributed by atoms with E-state index in [2.05, 4.69) is 16.4 Å². The lowest BCUT2D eigenvalue weighted by molar-refractivity contribution is -0.113. The summed E-state index contributed by atoms with van der Waals surface area (Å²) in [7, 11) is 0. The molecule has 0 saturated carbocycles. The molecule has 32 heavy (non-hydrogen) atoms. The van der Waals surface area contributed by atoms with Crippen molar-refractivity contribution in [1.29, 1.82) is 0 Å². The largest absolute Gasteiger partial charge is 0.325 e. The molecule has 0 atom stereocenters. The van der Waals surface area contributed by atoms with Crippen LogP contribution in [0.3, 0.4) is 0 Å². The Morgan fingerprint density at radius 1 is 1.03 bits per heavy atom. The molecule has 1 aromatic heterocycles. The second kappa shape index (κ2) is 8.59. The molecule has 0 saturated heterocycles. The SMILES string of the molecule is O=C(CSc1nc2ccccc2c(=O)n1-c1ccccc1F)Nc1ccc2c(c1)CCC2. The zero-order chi connectivity index (χ0) is 22.1. The van der Waals surface area contributed by atoms with E-state index in [4.69, 9.17) is 0 Å². The second-order valence-electron chi connectivity index (χ2n) is 7.68. The number of rotatable bonds is 5. The molecule has 1 aliphatic carbocycles. The highest BCUT2D eigenvalue weighted by Gasteiger charge is 2.17. The average Bonchev–Trinajstić information content (AvgIpc) is 3.27. The van der Waals surface area contributed by atoms with Gasteiger partial charge in [0.1, 0.15) is 5.82 Å². The van der Waals surface area contributed by atoms with E-state index in [1.807, 2.05) is 12.1 Å². The topological polar surface area (TPSA) is 64.0 Å². The van der Waals surface area contributed by atoms with Crippen LogP contribution >= 0.6 is 11.8 Å². The summed E-state index contributed by atoms with van der Waals surface area (Å²) >= 11 is 1.11. The number of nitrogens with zero attached hydrogens (tertiary/aromatic N) is 2. The maximum atomic E-state index is 14.6. The third-order valence-electron chi connectivity index (χ3n) is 5.55. The van der Waals surface area contributed by atoms with E-state index in [1.54, 1.807) is 36.4 Å². The van der Waals surface area contributed by atoms with Gasteiger partial charge in [-0.25, -0.2) is 9.37 Å². The lowest BCUT2D eigenvalue weighted by Gasteiger charge is -2.14. The fourth-order valence-electron chi connectivity index (χ4n) is 4.03. The Morgan fingerprint density at radius 2 is 1.81 bits per heavy atom. The molecular formula is C25H20FN3O2S. The Labute approximate surface area is 188 Å². The summed E-state index contributed by atoms with van der Waals surface area (Å²) < 4.78 is 15.8. The molecule has 3 aromatic carbocycles. The van der Waals surface area contributed by atoms with Crippen molar-refractivity contribution < 1.29 is 9.18 Å². The van der Waals surface area contributed by atoms with Crippen LogP contribution in [-0.4, -0.2) is 21.2 Å². The monoisotopic (exact) mass is 445 g/mol. The van der Waals surface area contributed by atoms with Gasteiger partial charge in [0.25, 0.3) is 5.56 Å². The maximum absolute atomic E-state index is 14.6. The minimum Gasteiger partial charge on any atom is -0.325 e. The van der Waals surface area contributed by atoms with Gasteiger partial charge in [0, 0.05) is 5.69 Å². The van der Waals surface area contributed by atoms with E-state index < -0.39 is 5.82 Å². The number of thioether (sulfide) groups is 1. The number of aromatic nitrogens is 2. The molecule has 160 valence electrons. The number of fused-ring (bicyclic) bond motifs is 2. The van der Waals surface area contributed by atoms with Crippen molar-refractivity contribution in [3.63, 3.8) is 0 Å². The normalized spacial score (nSPS) is 12.7. The molecule has 1 amide bonds. The van der Waals surface area contributed by atoms with Crippen molar-refractivity contribution >= 4 is 34.3 Å². The smallest absolute Gasteiger partial charge is 0.266 e. The van der Waals surface area contributed by atoms with Crippen LogP contribution in [0.15, 0.2) is 76.7 Å². The highest BCUT2D eigenvalue weighted by Crippen LogP contribution is 2.26. The van der Waals surface area contributed by atoms with Crippen LogP contribution in [0.4, 0.5) is 10.1 Å². The Morgan fingerprint density at radius 3 is 2.69 bits per heavy atom. The molecule has 5 rings (SSSR count). The number of carbonyl (C=O) groups is 1. The third-order valence-corrected chi connectivity index (χ3v) is 6.49. The van der Waals surface area contributed by atoms with Gasteiger partial charge in [-0.3, -0.25) is 14.2 Å². The molecule has 0 bridgehead atoms.